The lowest BCUT2D eigenvalue weighted by Crippen LogP contribution is -2.15. The Hall–Kier alpha value is -2.78. The molecule has 146 valence electrons. The van der Waals surface area contributed by atoms with Crippen LogP contribution < -0.4 is 10.5 Å². The molecule has 0 aliphatic carbocycles. The number of carbonyl (C=O) groups excluding carboxylic acids is 2. The first-order valence-corrected chi connectivity index (χ1v) is 9.61. The number of nitrogens with two attached hydrogens (primary N) is 1. The first-order valence-electron chi connectivity index (χ1n) is 8.24. The SMILES string of the molecule is COc1ccc(C(=O)CSc2nnc(-c3ccco3)n2CCC(N)=O)cc1Cl. The van der Waals surface area contributed by atoms with Gasteiger partial charge in [0.1, 0.15) is 5.75 Å². The fraction of sp³-hybridized carbons (Fsp3) is 0.222. The quantitative estimate of drug-likeness (QED) is 0.418. The molecule has 2 heterocycles. The first-order chi connectivity index (χ1) is 13.5. The normalized spacial score (nSPS) is 10.8. The molecule has 2 aromatic heterocycles. The van der Waals surface area contributed by atoms with Crippen LogP contribution in [0.1, 0.15) is 16.8 Å². The number of Topliss-reactive ketones (excluding diaryl/α,β-unsaturated/α-hetero) is 1. The Balaban J connectivity index is 1.77. The summed E-state index contributed by atoms with van der Waals surface area (Å²) in [5.41, 5.74) is 5.73. The topological polar surface area (TPSA) is 113 Å². The van der Waals surface area contributed by atoms with Crippen molar-refractivity contribution in [3.63, 3.8) is 0 Å². The molecular formula is C18H17ClN4O4S. The van der Waals surface area contributed by atoms with Crippen LogP contribution in [0.15, 0.2) is 46.2 Å². The van der Waals surface area contributed by atoms with E-state index in [9.17, 15) is 9.59 Å². The summed E-state index contributed by atoms with van der Waals surface area (Å²) in [5.74, 6) is 1.03. The minimum Gasteiger partial charge on any atom is -0.495 e. The molecule has 1 amide bonds. The number of ether oxygens (including phenoxy) is 1. The molecule has 0 bridgehead atoms. The molecule has 3 rings (SSSR count). The maximum atomic E-state index is 12.5. The van der Waals surface area contributed by atoms with Crippen molar-refractivity contribution in [1.82, 2.24) is 14.8 Å². The summed E-state index contributed by atoms with van der Waals surface area (Å²) >= 11 is 7.29. The van der Waals surface area contributed by atoms with Crippen LogP contribution in [0.4, 0.5) is 0 Å². The predicted molar refractivity (Wildman–Crippen MR) is 105 cm³/mol. The van der Waals surface area contributed by atoms with E-state index in [2.05, 4.69) is 10.2 Å². The zero-order valence-corrected chi connectivity index (χ0v) is 16.5. The molecule has 0 spiro atoms. The fourth-order valence-electron chi connectivity index (χ4n) is 2.46. The molecule has 0 atom stereocenters. The number of carbonyl (C=O) groups is 2. The van der Waals surface area contributed by atoms with Crippen LogP contribution >= 0.6 is 23.4 Å². The number of benzene rings is 1. The van der Waals surface area contributed by atoms with Crippen molar-refractivity contribution in [3.8, 4) is 17.3 Å². The monoisotopic (exact) mass is 420 g/mol. The van der Waals surface area contributed by atoms with Crippen LogP contribution in [0.3, 0.4) is 0 Å². The predicted octanol–water partition coefficient (Wildman–Crippen LogP) is 3.05. The number of thioether (sulfide) groups is 1. The molecule has 8 nitrogen and oxygen atoms in total. The van der Waals surface area contributed by atoms with Crippen LogP contribution in [0, 0.1) is 0 Å². The van der Waals surface area contributed by atoms with Gasteiger partial charge >= 0.3 is 0 Å². The third-order valence-corrected chi connectivity index (χ3v) is 5.11. The second kappa shape index (κ2) is 8.94. The molecule has 0 radical (unpaired) electrons. The van der Waals surface area contributed by atoms with E-state index in [0.717, 1.165) is 0 Å². The number of furan rings is 1. The van der Waals surface area contributed by atoms with Crippen LogP contribution in [0.25, 0.3) is 11.6 Å². The smallest absolute Gasteiger partial charge is 0.219 e. The van der Waals surface area contributed by atoms with E-state index in [-0.39, 0.29) is 24.5 Å². The maximum Gasteiger partial charge on any atom is 0.219 e. The third kappa shape index (κ3) is 4.55. The summed E-state index contributed by atoms with van der Waals surface area (Å²) in [7, 11) is 1.51. The Kier molecular flexibility index (Phi) is 6.37. The van der Waals surface area contributed by atoms with Crippen molar-refractivity contribution >= 4 is 35.1 Å². The molecule has 0 aliphatic heterocycles. The number of ketones is 1. The van der Waals surface area contributed by atoms with Crippen molar-refractivity contribution in [2.45, 2.75) is 18.1 Å². The lowest BCUT2D eigenvalue weighted by Gasteiger charge is -2.08. The van der Waals surface area contributed by atoms with Crippen LogP contribution in [-0.2, 0) is 11.3 Å². The average molecular weight is 421 g/mol. The Morgan fingerprint density at radius 1 is 1.32 bits per heavy atom. The summed E-state index contributed by atoms with van der Waals surface area (Å²) in [5, 5.41) is 9.10. The van der Waals surface area contributed by atoms with Gasteiger partial charge in [-0.15, -0.1) is 10.2 Å². The van der Waals surface area contributed by atoms with E-state index >= 15 is 0 Å². The maximum absolute atomic E-state index is 12.5. The minimum atomic E-state index is -0.445. The number of hydrogen-bond acceptors (Lipinski definition) is 7. The second-order valence-electron chi connectivity index (χ2n) is 5.71. The minimum absolute atomic E-state index is 0.112. The van der Waals surface area contributed by atoms with Gasteiger partial charge in [-0.1, -0.05) is 23.4 Å². The number of amides is 1. The molecule has 2 N–H and O–H groups in total. The van der Waals surface area contributed by atoms with Crippen molar-refractivity contribution in [2.24, 2.45) is 5.73 Å². The van der Waals surface area contributed by atoms with Gasteiger partial charge in [0.2, 0.25) is 5.91 Å². The van der Waals surface area contributed by atoms with Gasteiger partial charge in [-0.25, -0.2) is 0 Å². The van der Waals surface area contributed by atoms with Gasteiger partial charge in [0.25, 0.3) is 0 Å². The fourth-order valence-corrected chi connectivity index (χ4v) is 3.58. The Morgan fingerprint density at radius 2 is 2.14 bits per heavy atom. The molecule has 10 heteroatoms. The Labute approximate surface area is 170 Å². The zero-order valence-electron chi connectivity index (χ0n) is 14.9. The highest BCUT2D eigenvalue weighted by Crippen LogP contribution is 2.28. The summed E-state index contributed by atoms with van der Waals surface area (Å²) < 4.78 is 12.2. The van der Waals surface area contributed by atoms with E-state index in [1.807, 2.05) is 0 Å². The number of nitrogens with zero attached hydrogens (tertiary/aromatic N) is 3. The van der Waals surface area contributed by atoms with Crippen LogP contribution in [0.2, 0.25) is 5.02 Å². The highest BCUT2D eigenvalue weighted by Gasteiger charge is 2.18. The van der Waals surface area contributed by atoms with E-state index in [4.69, 9.17) is 26.5 Å². The first kappa shape index (κ1) is 20.0. The largest absolute Gasteiger partial charge is 0.495 e. The summed E-state index contributed by atoms with van der Waals surface area (Å²) in [6.45, 7) is 0.281. The van der Waals surface area contributed by atoms with Gasteiger partial charge in [-0.2, -0.15) is 0 Å². The van der Waals surface area contributed by atoms with Crippen molar-refractivity contribution in [3.05, 3.63) is 47.2 Å². The molecule has 0 saturated heterocycles. The van der Waals surface area contributed by atoms with Crippen molar-refractivity contribution < 1.29 is 18.7 Å². The van der Waals surface area contributed by atoms with Crippen molar-refractivity contribution in [1.29, 1.82) is 0 Å². The molecule has 1 aromatic carbocycles. The van der Waals surface area contributed by atoms with E-state index in [1.165, 1.54) is 25.1 Å². The van der Waals surface area contributed by atoms with Crippen molar-refractivity contribution in [2.75, 3.05) is 12.9 Å². The lowest BCUT2D eigenvalue weighted by molar-refractivity contribution is -0.118. The highest BCUT2D eigenvalue weighted by molar-refractivity contribution is 7.99. The molecular weight excluding hydrogens is 404 g/mol. The number of hydrogen-bond donors (Lipinski definition) is 1. The van der Waals surface area contributed by atoms with Gasteiger partial charge in [0, 0.05) is 18.5 Å². The number of rotatable bonds is 9. The molecule has 28 heavy (non-hydrogen) atoms. The third-order valence-electron chi connectivity index (χ3n) is 3.85. The number of halogens is 1. The molecule has 0 saturated carbocycles. The van der Waals surface area contributed by atoms with Gasteiger partial charge in [-0.3, -0.25) is 14.2 Å². The number of aromatic nitrogens is 3. The van der Waals surface area contributed by atoms with Crippen LogP contribution in [-0.4, -0.2) is 39.3 Å². The van der Waals surface area contributed by atoms with Gasteiger partial charge in [0.15, 0.2) is 22.5 Å². The molecule has 3 aromatic rings. The number of methoxy groups -OCH3 is 1. The second-order valence-corrected chi connectivity index (χ2v) is 7.06. The van der Waals surface area contributed by atoms with Gasteiger partial charge in [0.05, 0.1) is 24.1 Å². The number of primary amides is 1. The summed E-state index contributed by atoms with van der Waals surface area (Å²) in [6, 6.07) is 8.33. The molecule has 0 fully saturated rings. The van der Waals surface area contributed by atoms with Gasteiger partial charge in [-0.05, 0) is 30.3 Å². The van der Waals surface area contributed by atoms with Gasteiger partial charge < -0.3 is 14.9 Å². The molecule has 0 aliphatic rings. The average Bonchev–Trinajstić information content (AvgIpc) is 3.33. The summed E-state index contributed by atoms with van der Waals surface area (Å²) in [4.78, 5) is 23.7. The van der Waals surface area contributed by atoms with Crippen LogP contribution in [0.5, 0.6) is 5.75 Å². The Bertz CT molecular complexity index is 988. The zero-order chi connectivity index (χ0) is 20.1. The van der Waals surface area contributed by atoms with E-state index in [1.54, 1.807) is 34.9 Å². The standard InChI is InChI=1S/C18H17ClN4O4S/c1-26-14-5-4-11(9-12(14)19)13(24)10-28-18-22-21-17(15-3-2-8-27-15)23(18)7-6-16(20)25/h2-5,8-9H,6-7,10H2,1H3,(H2,20,25). The lowest BCUT2D eigenvalue weighted by atomic mass is 10.1. The highest BCUT2D eigenvalue weighted by atomic mass is 35.5. The Morgan fingerprint density at radius 3 is 2.79 bits per heavy atom. The molecule has 0 unspecified atom stereocenters. The van der Waals surface area contributed by atoms with E-state index < -0.39 is 5.91 Å². The summed E-state index contributed by atoms with van der Waals surface area (Å²) in [6.07, 6.45) is 1.63. The van der Waals surface area contributed by atoms with E-state index in [0.29, 0.717) is 33.1 Å².